The predicted octanol–water partition coefficient (Wildman–Crippen LogP) is 3.80. The number of rotatable bonds is 8. The number of nitriles is 1. The summed E-state index contributed by atoms with van der Waals surface area (Å²) in [6.45, 7) is 14.7. The van der Waals surface area contributed by atoms with E-state index in [1.807, 2.05) is 0 Å². The molecule has 3 heteroatoms. The second kappa shape index (κ2) is 8.76. The maximum absolute atomic E-state index is 9.55. The molecule has 21 heavy (non-hydrogen) atoms. The molecule has 0 amide bonds. The molecule has 1 N–H and O–H groups in total. The molecule has 1 rings (SSSR count). The number of hydrogen-bond acceptors (Lipinski definition) is 3. The molecule has 3 nitrogen and oxygen atoms in total. The molecule has 1 heterocycles. The lowest BCUT2D eigenvalue weighted by molar-refractivity contribution is 0.0764. The molecule has 0 aromatic rings. The van der Waals surface area contributed by atoms with Gasteiger partial charge in [-0.2, -0.15) is 5.26 Å². The van der Waals surface area contributed by atoms with Gasteiger partial charge in [-0.05, 0) is 64.0 Å². The maximum atomic E-state index is 9.55. The Hall–Kier alpha value is -0.590. The van der Waals surface area contributed by atoms with Crippen molar-refractivity contribution in [3.8, 4) is 6.07 Å². The van der Waals surface area contributed by atoms with Gasteiger partial charge in [0.25, 0.3) is 0 Å². The third kappa shape index (κ3) is 5.27. The lowest BCUT2D eigenvalue weighted by Gasteiger charge is -2.41. The molecule has 1 saturated heterocycles. The standard InChI is InChI=1S/C18H35N3/c1-6-10-20-18(7-2,14-19)9-8-11-21-13-15(3)12-16(4)17(21)5/h15-17,20H,6-13H2,1-5H3. The normalized spacial score (nSPS) is 29.8. The van der Waals surface area contributed by atoms with E-state index in [1.165, 1.54) is 13.0 Å². The summed E-state index contributed by atoms with van der Waals surface area (Å²) in [5, 5.41) is 13.0. The Labute approximate surface area is 132 Å². The van der Waals surface area contributed by atoms with E-state index in [2.05, 4.69) is 50.9 Å². The van der Waals surface area contributed by atoms with E-state index in [1.54, 1.807) is 0 Å². The second-order valence-electron chi connectivity index (χ2n) is 7.13. The van der Waals surface area contributed by atoms with Gasteiger partial charge in [-0.15, -0.1) is 0 Å². The second-order valence-corrected chi connectivity index (χ2v) is 7.13. The largest absolute Gasteiger partial charge is 0.300 e. The van der Waals surface area contributed by atoms with Gasteiger partial charge in [0.15, 0.2) is 0 Å². The predicted molar refractivity (Wildman–Crippen MR) is 90.1 cm³/mol. The Morgan fingerprint density at radius 3 is 2.57 bits per heavy atom. The summed E-state index contributed by atoms with van der Waals surface area (Å²) in [6.07, 6.45) is 5.41. The number of nitrogens with zero attached hydrogens (tertiary/aromatic N) is 2. The minimum atomic E-state index is -0.313. The Bertz CT molecular complexity index is 336. The van der Waals surface area contributed by atoms with E-state index in [0.29, 0.717) is 6.04 Å². The summed E-state index contributed by atoms with van der Waals surface area (Å²) < 4.78 is 0. The first-order chi connectivity index (χ1) is 9.98. The molecule has 4 unspecified atom stereocenters. The van der Waals surface area contributed by atoms with E-state index in [9.17, 15) is 5.26 Å². The van der Waals surface area contributed by atoms with Crippen molar-refractivity contribution < 1.29 is 0 Å². The van der Waals surface area contributed by atoms with E-state index in [-0.39, 0.29) is 5.54 Å². The van der Waals surface area contributed by atoms with E-state index >= 15 is 0 Å². The fourth-order valence-electron chi connectivity index (χ4n) is 3.64. The molecule has 0 radical (unpaired) electrons. The van der Waals surface area contributed by atoms with Crippen LogP contribution in [0.4, 0.5) is 0 Å². The van der Waals surface area contributed by atoms with Crippen LogP contribution in [0.25, 0.3) is 0 Å². The summed E-state index contributed by atoms with van der Waals surface area (Å²) in [4.78, 5) is 2.64. The number of likely N-dealkylation sites (tertiary alicyclic amines) is 1. The van der Waals surface area contributed by atoms with Gasteiger partial charge in [-0.1, -0.05) is 27.7 Å². The van der Waals surface area contributed by atoms with Gasteiger partial charge >= 0.3 is 0 Å². The summed E-state index contributed by atoms with van der Waals surface area (Å²) in [5.74, 6) is 1.60. The first kappa shape index (κ1) is 18.5. The van der Waals surface area contributed by atoms with E-state index < -0.39 is 0 Å². The van der Waals surface area contributed by atoms with Crippen LogP contribution < -0.4 is 5.32 Å². The molecule has 1 fully saturated rings. The molecule has 0 spiro atoms. The summed E-state index contributed by atoms with van der Waals surface area (Å²) in [6, 6.07) is 3.22. The van der Waals surface area contributed by atoms with Gasteiger partial charge in [0.05, 0.1) is 6.07 Å². The highest BCUT2D eigenvalue weighted by molar-refractivity contribution is 5.06. The van der Waals surface area contributed by atoms with Gasteiger partial charge in [0, 0.05) is 12.6 Å². The molecule has 1 aliphatic rings. The van der Waals surface area contributed by atoms with Crippen LogP contribution in [0.1, 0.15) is 66.7 Å². The Kier molecular flexibility index (Phi) is 7.70. The zero-order valence-electron chi connectivity index (χ0n) is 14.8. The molecular formula is C18H35N3. The highest BCUT2D eigenvalue weighted by Gasteiger charge is 2.30. The summed E-state index contributed by atoms with van der Waals surface area (Å²) in [5.41, 5.74) is -0.313. The van der Waals surface area contributed by atoms with Crippen LogP contribution in [-0.2, 0) is 0 Å². The number of piperidine rings is 1. The SMILES string of the molecule is CCCNC(C#N)(CC)CCCN1CC(C)CC(C)C1C. The van der Waals surface area contributed by atoms with E-state index in [0.717, 1.165) is 50.6 Å². The van der Waals surface area contributed by atoms with Crippen molar-refractivity contribution in [3.63, 3.8) is 0 Å². The summed E-state index contributed by atoms with van der Waals surface area (Å²) >= 11 is 0. The molecular weight excluding hydrogens is 258 g/mol. The molecule has 0 aliphatic carbocycles. The van der Waals surface area contributed by atoms with Crippen LogP contribution >= 0.6 is 0 Å². The third-order valence-corrected chi connectivity index (χ3v) is 5.30. The lowest BCUT2D eigenvalue weighted by Crippen LogP contribution is -2.47. The average Bonchev–Trinajstić information content (AvgIpc) is 2.48. The topological polar surface area (TPSA) is 39.1 Å². The highest BCUT2D eigenvalue weighted by Crippen LogP contribution is 2.27. The van der Waals surface area contributed by atoms with Gasteiger partial charge < -0.3 is 4.90 Å². The average molecular weight is 293 g/mol. The molecule has 4 atom stereocenters. The fourth-order valence-corrected chi connectivity index (χ4v) is 3.64. The molecule has 0 aromatic carbocycles. The van der Waals surface area contributed by atoms with Gasteiger partial charge in [0.2, 0.25) is 0 Å². The number of hydrogen-bond donors (Lipinski definition) is 1. The highest BCUT2D eigenvalue weighted by atomic mass is 15.2. The maximum Gasteiger partial charge on any atom is 0.106 e. The van der Waals surface area contributed by atoms with Crippen molar-refractivity contribution in [1.82, 2.24) is 10.2 Å². The van der Waals surface area contributed by atoms with Crippen LogP contribution in [0.2, 0.25) is 0 Å². The Morgan fingerprint density at radius 1 is 1.29 bits per heavy atom. The monoisotopic (exact) mass is 293 g/mol. The molecule has 122 valence electrons. The van der Waals surface area contributed by atoms with Crippen LogP contribution in [0.5, 0.6) is 0 Å². The fraction of sp³-hybridized carbons (Fsp3) is 0.944. The first-order valence-electron chi connectivity index (χ1n) is 8.88. The quantitative estimate of drug-likeness (QED) is 0.740. The van der Waals surface area contributed by atoms with Crippen molar-refractivity contribution in [1.29, 1.82) is 5.26 Å². The minimum absolute atomic E-state index is 0.313. The lowest BCUT2D eigenvalue weighted by atomic mass is 9.85. The van der Waals surface area contributed by atoms with Crippen molar-refractivity contribution in [2.45, 2.75) is 78.3 Å². The first-order valence-corrected chi connectivity index (χ1v) is 8.88. The Morgan fingerprint density at radius 2 is 2.00 bits per heavy atom. The van der Waals surface area contributed by atoms with Crippen LogP contribution in [0.3, 0.4) is 0 Å². The zero-order chi connectivity index (χ0) is 15.9. The van der Waals surface area contributed by atoms with Crippen LogP contribution in [0, 0.1) is 23.2 Å². The molecule has 0 bridgehead atoms. The van der Waals surface area contributed by atoms with Crippen molar-refractivity contribution in [3.05, 3.63) is 0 Å². The van der Waals surface area contributed by atoms with Crippen LogP contribution in [-0.4, -0.2) is 36.1 Å². The van der Waals surface area contributed by atoms with Crippen molar-refractivity contribution in [2.24, 2.45) is 11.8 Å². The third-order valence-electron chi connectivity index (χ3n) is 5.30. The molecule has 0 saturated carbocycles. The van der Waals surface area contributed by atoms with Gasteiger partial charge in [-0.25, -0.2) is 0 Å². The smallest absolute Gasteiger partial charge is 0.106 e. The summed E-state index contributed by atoms with van der Waals surface area (Å²) in [7, 11) is 0. The zero-order valence-corrected chi connectivity index (χ0v) is 14.8. The molecule has 1 aliphatic heterocycles. The molecule has 0 aromatic heterocycles. The van der Waals surface area contributed by atoms with Crippen molar-refractivity contribution >= 4 is 0 Å². The minimum Gasteiger partial charge on any atom is -0.300 e. The van der Waals surface area contributed by atoms with E-state index in [4.69, 9.17) is 0 Å². The number of nitrogens with one attached hydrogen (secondary N) is 1. The van der Waals surface area contributed by atoms with Crippen LogP contribution in [0.15, 0.2) is 0 Å². The van der Waals surface area contributed by atoms with Gasteiger partial charge in [-0.3, -0.25) is 5.32 Å². The Balaban J connectivity index is 2.48. The van der Waals surface area contributed by atoms with Crippen molar-refractivity contribution in [2.75, 3.05) is 19.6 Å². The van der Waals surface area contributed by atoms with Gasteiger partial charge in [0.1, 0.15) is 5.54 Å².